The lowest BCUT2D eigenvalue weighted by atomic mass is 9.67. The van der Waals surface area contributed by atoms with Crippen molar-refractivity contribution >= 4 is 11.8 Å². The van der Waals surface area contributed by atoms with Gasteiger partial charge in [0.15, 0.2) is 0 Å². The summed E-state index contributed by atoms with van der Waals surface area (Å²) in [4.78, 5) is 15.0. The highest BCUT2D eigenvalue weighted by molar-refractivity contribution is 5.97. The second-order valence-electron chi connectivity index (χ2n) is 9.95. The van der Waals surface area contributed by atoms with E-state index in [1.807, 2.05) is 31.2 Å². The van der Waals surface area contributed by atoms with Gasteiger partial charge in [-0.3, -0.25) is 0 Å². The molecule has 2 aliphatic heterocycles. The van der Waals surface area contributed by atoms with E-state index in [9.17, 15) is 4.79 Å². The standard InChI is InChI=1S/C15H29N.C8H7NO2/c1-14(2)10-13(11-15(3,4)16-14)12-8-6-5-7-9-12;1-6-2-4-7(5-3-6)9-8(10)11-9/h12-13,16H,5-11H2,1-4H3;2-5H,1H3. The van der Waals surface area contributed by atoms with E-state index < -0.39 is 0 Å². The average Bonchev–Trinajstić information content (AvgIpc) is 3.31. The molecule has 1 aromatic rings. The molecule has 0 spiro atoms. The third-order valence-electron chi connectivity index (χ3n) is 6.11. The van der Waals surface area contributed by atoms with Crippen molar-refractivity contribution in [1.82, 2.24) is 5.32 Å². The molecule has 150 valence electrons. The van der Waals surface area contributed by atoms with Crippen molar-refractivity contribution in [3.8, 4) is 0 Å². The predicted molar refractivity (Wildman–Crippen MR) is 111 cm³/mol. The number of carbonyl (C=O) groups excluding carboxylic acids is 1. The number of nitrogens with zero attached hydrogens (tertiary/aromatic N) is 1. The van der Waals surface area contributed by atoms with Crippen LogP contribution >= 0.6 is 0 Å². The van der Waals surface area contributed by atoms with Crippen LogP contribution in [0.1, 0.15) is 78.2 Å². The Morgan fingerprint density at radius 1 is 0.926 bits per heavy atom. The first-order valence-electron chi connectivity index (χ1n) is 10.5. The molecule has 1 amide bonds. The van der Waals surface area contributed by atoms with Crippen LogP contribution in [0.25, 0.3) is 0 Å². The third kappa shape index (κ3) is 5.71. The summed E-state index contributed by atoms with van der Waals surface area (Å²) in [6.07, 6.45) is 9.91. The van der Waals surface area contributed by atoms with E-state index in [4.69, 9.17) is 0 Å². The summed E-state index contributed by atoms with van der Waals surface area (Å²) in [5.41, 5.74) is 2.64. The van der Waals surface area contributed by atoms with E-state index in [0.717, 1.165) is 17.5 Å². The van der Waals surface area contributed by atoms with Crippen LogP contribution in [0.4, 0.5) is 10.5 Å². The zero-order valence-corrected chi connectivity index (χ0v) is 17.7. The highest BCUT2D eigenvalue weighted by Crippen LogP contribution is 2.42. The van der Waals surface area contributed by atoms with E-state index in [2.05, 4.69) is 37.8 Å². The van der Waals surface area contributed by atoms with Crippen molar-refractivity contribution in [2.75, 3.05) is 5.06 Å². The molecule has 1 saturated carbocycles. The largest absolute Gasteiger partial charge is 0.473 e. The summed E-state index contributed by atoms with van der Waals surface area (Å²) < 4.78 is 0. The molecule has 2 saturated heterocycles. The fraction of sp³-hybridized carbons (Fsp3) is 0.696. The summed E-state index contributed by atoms with van der Waals surface area (Å²) in [6, 6.07) is 7.56. The van der Waals surface area contributed by atoms with Gasteiger partial charge in [0.2, 0.25) is 0 Å². The lowest BCUT2D eigenvalue weighted by Crippen LogP contribution is -2.58. The predicted octanol–water partition coefficient (Wildman–Crippen LogP) is 5.99. The van der Waals surface area contributed by atoms with Crippen molar-refractivity contribution in [2.45, 2.75) is 90.6 Å². The number of aryl methyl sites for hydroxylation is 1. The van der Waals surface area contributed by atoms with Gasteiger partial charge in [-0.05, 0) is 71.4 Å². The molecular formula is C23H36N2O2. The third-order valence-corrected chi connectivity index (χ3v) is 6.11. The van der Waals surface area contributed by atoms with Crippen LogP contribution < -0.4 is 10.4 Å². The van der Waals surface area contributed by atoms with Crippen LogP contribution in [0.15, 0.2) is 24.3 Å². The van der Waals surface area contributed by atoms with Gasteiger partial charge in [0.25, 0.3) is 0 Å². The number of carbonyl (C=O) groups is 1. The van der Waals surface area contributed by atoms with Crippen molar-refractivity contribution in [3.05, 3.63) is 29.8 Å². The van der Waals surface area contributed by atoms with E-state index in [0.29, 0.717) is 11.1 Å². The number of rotatable bonds is 2. The van der Waals surface area contributed by atoms with E-state index >= 15 is 0 Å². The fourth-order valence-electron chi connectivity index (χ4n) is 5.24. The Morgan fingerprint density at radius 2 is 1.44 bits per heavy atom. The van der Waals surface area contributed by atoms with E-state index in [1.54, 1.807) is 0 Å². The number of nitrogens with one attached hydrogen (secondary N) is 1. The zero-order chi connectivity index (χ0) is 19.7. The van der Waals surface area contributed by atoms with Gasteiger partial charge in [0, 0.05) is 11.1 Å². The number of benzene rings is 1. The molecular weight excluding hydrogens is 336 g/mol. The van der Waals surface area contributed by atoms with Crippen LogP contribution in [-0.4, -0.2) is 17.2 Å². The molecule has 0 atom stereocenters. The Balaban J connectivity index is 0.000000166. The Bertz CT molecular complexity index is 629. The molecule has 3 fully saturated rings. The first kappa shape index (κ1) is 20.2. The number of hydroxylamine groups is 1. The van der Waals surface area contributed by atoms with Gasteiger partial charge in [0.1, 0.15) is 0 Å². The molecule has 27 heavy (non-hydrogen) atoms. The number of anilines is 1. The minimum atomic E-state index is -0.283. The van der Waals surface area contributed by atoms with Crippen LogP contribution in [-0.2, 0) is 4.84 Å². The maximum atomic E-state index is 10.5. The summed E-state index contributed by atoms with van der Waals surface area (Å²) in [5.74, 6) is 1.99. The summed E-state index contributed by atoms with van der Waals surface area (Å²) in [7, 11) is 0. The molecule has 2 heterocycles. The summed E-state index contributed by atoms with van der Waals surface area (Å²) in [5, 5.41) is 5.05. The van der Waals surface area contributed by atoms with Crippen molar-refractivity contribution in [2.24, 2.45) is 11.8 Å². The van der Waals surface area contributed by atoms with Gasteiger partial charge in [0.05, 0.1) is 5.69 Å². The zero-order valence-electron chi connectivity index (χ0n) is 17.7. The molecule has 4 heteroatoms. The highest BCUT2D eigenvalue weighted by Gasteiger charge is 2.40. The molecule has 1 aromatic carbocycles. The van der Waals surface area contributed by atoms with Crippen LogP contribution in [0.5, 0.6) is 0 Å². The smallest absolute Gasteiger partial charge is 0.308 e. The van der Waals surface area contributed by atoms with Gasteiger partial charge in [-0.15, -0.1) is 0 Å². The monoisotopic (exact) mass is 372 g/mol. The van der Waals surface area contributed by atoms with Gasteiger partial charge >= 0.3 is 6.09 Å². The quantitative estimate of drug-likeness (QED) is 0.649. The lowest BCUT2D eigenvalue weighted by molar-refractivity contribution is 0.0780. The number of hydrogen-bond donors (Lipinski definition) is 1. The fourth-order valence-corrected chi connectivity index (χ4v) is 5.24. The Hall–Kier alpha value is -1.55. The number of amides is 1. The second-order valence-corrected chi connectivity index (χ2v) is 9.95. The first-order chi connectivity index (χ1) is 12.7. The Labute approximate surface area is 164 Å². The molecule has 0 unspecified atom stereocenters. The molecule has 4 nitrogen and oxygen atoms in total. The summed E-state index contributed by atoms with van der Waals surface area (Å²) >= 11 is 0. The molecule has 4 rings (SSSR count). The summed E-state index contributed by atoms with van der Waals surface area (Å²) in [6.45, 7) is 11.5. The maximum Gasteiger partial charge on any atom is 0.473 e. The minimum Gasteiger partial charge on any atom is -0.308 e. The molecule has 1 N–H and O–H groups in total. The van der Waals surface area contributed by atoms with Gasteiger partial charge in [-0.2, -0.15) is 0 Å². The second kappa shape index (κ2) is 7.83. The average molecular weight is 373 g/mol. The molecule has 0 radical (unpaired) electrons. The normalized spacial score (nSPS) is 24.6. The topological polar surface area (TPSA) is 44.6 Å². The van der Waals surface area contributed by atoms with Crippen LogP contribution in [0, 0.1) is 18.8 Å². The number of hydrogen-bond acceptors (Lipinski definition) is 3. The maximum absolute atomic E-state index is 10.5. The van der Waals surface area contributed by atoms with Gasteiger partial charge in [-0.1, -0.05) is 54.9 Å². The molecule has 0 bridgehead atoms. The molecule has 3 aliphatic rings. The molecule has 1 aliphatic carbocycles. The van der Waals surface area contributed by atoms with E-state index in [1.165, 1.54) is 55.6 Å². The molecule has 0 aromatic heterocycles. The number of piperidine rings is 1. The first-order valence-corrected chi connectivity index (χ1v) is 10.5. The highest BCUT2D eigenvalue weighted by atomic mass is 16.9. The Kier molecular flexibility index (Phi) is 5.85. The van der Waals surface area contributed by atoms with Crippen LogP contribution in [0.3, 0.4) is 0 Å². The lowest BCUT2D eigenvalue weighted by Gasteiger charge is -2.49. The van der Waals surface area contributed by atoms with E-state index in [-0.39, 0.29) is 6.09 Å². The van der Waals surface area contributed by atoms with Crippen molar-refractivity contribution in [3.63, 3.8) is 0 Å². The minimum absolute atomic E-state index is 0.283. The Morgan fingerprint density at radius 3 is 1.93 bits per heavy atom. The van der Waals surface area contributed by atoms with Gasteiger partial charge < -0.3 is 10.2 Å². The SMILES string of the molecule is CC1(C)CC(C2CCCCC2)CC(C)(C)N1.Cc1ccc(N2OC2=O)cc1. The van der Waals surface area contributed by atoms with Crippen molar-refractivity contribution in [1.29, 1.82) is 0 Å². The van der Waals surface area contributed by atoms with Crippen molar-refractivity contribution < 1.29 is 9.63 Å². The van der Waals surface area contributed by atoms with Gasteiger partial charge in [-0.25, -0.2) is 4.79 Å². The van der Waals surface area contributed by atoms with Crippen LogP contribution in [0.2, 0.25) is 0 Å².